The Balaban J connectivity index is 2.14. The van der Waals surface area contributed by atoms with Gasteiger partial charge in [0.1, 0.15) is 24.0 Å². The Labute approximate surface area is 256 Å². The summed E-state index contributed by atoms with van der Waals surface area (Å²) >= 11 is 6.08. The monoisotopic (exact) mass is 630 g/mol. The lowest BCUT2D eigenvalue weighted by atomic mass is 10.0. The normalized spacial score (nSPS) is 12.2. The van der Waals surface area contributed by atoms with Crippen LogP contribution in [0.5, 0.6) is 5.75 Å². The fraction of sp³-hybridized carbons (Fsp3) is 0.333. The van der Waals surface area contributed by atoms with Gasteiger partial charge in [-0.2, -0.15) is 0 Å². The van der Waals surface area contributed by atoms with Crippen LogP contribution in [0.3, 0.4) is 0 Å². The van der Waals surface area contributed by atoms with Crippen molar-refractivity contribution in [3.63, 3.8) is 0 Å². The van der Waals surface area contributed by atoms with Crippen molar-refractivity contribution in [1.82, 2.24) is 10.2 Å². The molecule has 0 radical (unpaired) electrons. The van der Waals surface area contributed by atoms with Crippen molar-refractivity contribution >= 4 is 44.8 Å². The summed E-state index contributed by atoms with van der Waals surface area (Å²) in [4.78, 5) is 40.1. The Hall–Kier alpha value is -4.16. The van der Waals surface area contributed by atoms with Gasteiger partial charge >= 0.3 is 0 Å². The van der Waals surface area contributed by atoms with Gasteiger partial charge in [-0.1, -0.05) is 54.1 Å². The number of non-ortho nitro benzene ring substituents is 1. The number of nitrogens with one attached hydrogen (secondary N) is 1. The number of anilines is 1. The predicted octanol–water partition coefficient (Wildman–Crippen LogP) is 4.58. The molecule has 1 N–H and O–H groups in total. The molecule has 0 saturated heterocycles. The highest BCUT2D eigenvalue weighted by Crippen LogP contribution is 2.34. The van der Waals surface area contributed by atoms with Crippen LogP contribution >= 0.6 is 11.6 Å². The molecule has 0 heterocycles. The molecular formula is C30H35ClN4O7S. The zero-order chi connectivity index (χ0) is 31.9. The average molecular weight is 631 g/mol. The number of methoxy groups -OCH3 is 1. The maximum atomic E-state index is 14.2. The van der Waals surface area contributed by atoms with E-state index in [0.717, 1.165) is 22.2 Å². The van der Waals surface area contributed by atoms with Gasteiger partial charge in [0.25, 0.3) is 5.69 Å². The van der Waals surface area contributed by atoms with E-state index in [-0.39, 0.29) is 30.1 Å². The van der Waals surface area contributed by atoms with Crippen molar-refractivity contribution in [2.24, 2.45) is 0 Å². The minimum Gasteiger partial charge on any atom is -0.495 e. The van der Waals surface area contributed by atoms with Crippen LogP contribution in [0.4, 0.5) is 11.4 Å². The Morgan fingerprint density at radius 1 is 1.02 bits per heavy atom. The molecule has 230 valence electrons. The van der Waals surface area contributed by atoms with Gasteiger partial charge in [0.15, 0.2) is 0 Å². The molecule has 0 unspecified atom stereocenters. The SMILES string of the molecule is COc1ccc([N+](=O)[O-])cc1N(CC(=O)N(Cc1ccc(Cl)cc1)[C@@H](Cc1ccccc1)C(=O)NC(C)(C)C)S(C)(=O)=O. The Morgan fingerprint density at radius 3 is 2.19 bits per heavy atom. The van der Waals surface area contributed by atoms with Crippen molar-refractivity contribution < 1.29 is 27.7 Å². The molecule has 3 rings (SSSR count). The van der Waals surface area contributed by atoms with Gasteiger partial charge in [-0.15, -0.1) is 0 Å². The molecule has 1 atom stereocenters. The molecule has 0 aliphatic rings. The summed E-state index contributed by atoms with van der Waals surface area (Å²) in [7, 11) is -2.88. The zero-order valence-corrected chi connectivity index (χ0v) is 26.2. The number of sulfonamides is 1. The van der Waals surface area contributed by atoms with E-state index in [1.165, 1.54) is 24.1 Å². The summed E-state index contributed by atoms with van der Waals surface area (Å²) in [5.41, 5.74) is 0.235. The van der Waals surface area contributed by atoms with E-state index in [1.54, 1.807) is 24.3 Å². The first kappa shape index (κ1) is 33.3. The van der Waals surface area contributed by atoms with Gasteiger partial charge in [-0.25, -0.2) is 8.42 Å². The van der Waals surface area contributed by atoms with Crippen LogP contribution in [-0.2, 0) is 32.6 Å². The van der Waals surface area contributed by atoms with Gasteiger partial charge in [-0.3, -0.25) is 24.0 Å². The first-order chi connectivity index (χ1) is 20.1. The average Bonchev–Trinajstić information content (AvgIpc) is 2.93. The molecule has 0 bridgehead atoms. The number of halogens is 1. The van der Waals surface area contributed by atoms with E-state index in [0.29, 0.717) is 10.6 Å². The molecule has 3 aromatic carbocycles. The number of carbonyl (C=O) groups excluding carboxylic acids is 2. The quantitative estimate of drug-likeness (QED) is 0.228. The number of carbonyl (C=O) groups is 2. The van der Waals surface area contributed by atoms with Crippen molar-refractivity contribution in [2.45, 2.75) is 45.3 Å². The second kappa shape index (κ2) is 13.9. The van der Waals surface area contributed by atoms with Crippen molar-refractivity contribution in [3.05, 3.63) is 99.1 Å². The predicted molar refractivity (Wildman–Crippen MR) is 166 cm³/mol. The topological polar surface area (TPSA) is 139 Å². The Morgan fingerprint density at radius 2 is 1.65 bits per heavy atom. The number of nitrogens with zero attached hydrogens (tertiary/aromatic N) is 3. The molecule has 43 heavy (non-hydrogen) atoms. The number of ether oxygens (including phenoxy) is 1. The molecule has 0 aliphatic heterocycles. The molecule has 3 aromatic rings. The van der Waals surface area contributed by atoms with Gasteiger partial charge in [-0.05, 0) is 50.1 Å². The van der Waals surface area contributed by atoms with Crippen molar-refractivity contribution in [2.75, 3.05) is 24.2 Å². The maximum absolute atomic E-state index is 14.2. The number of nitro benzene ring substituents is 1. The van der Waals surface area contributed by atoms with Gasteiger partial charge in [0, 0.05) is 35.7 Å². The standard InChI is InChI=1S/C30H35ClN4O7S/c1-30(2,3)32-29(37)26(17-21-9-7-6-8-10-21)33(19-22-11-13-23(31)14-12-22)28(36)20-34(43(5,40)41)25-18-24(35(38)39)15-16-27(25)42-4/h6-16,18,26H,17,19-20H2,1-5H3,(H,32,37)/t26-/m0/s1. The maximum Gasteiger partial charge on any atom is 0.271 e. The number of rotatable bonds is 12. The van der Waals surface area contributed by atoms with Crippen molar-refractivity contribution in [3.8, 4) is 5.75 Å². The van der Waals surface area contributed by atoms with Crippen LogP contribution in [-0.4, -0.2) is 61.5 Å². The van der Waals surface area contributed by atoms with Crippen molar-refractivity contribution in [1.29, 1.82) is 0 Å². The minimum absolute atomic E-state index is 0.0133. The smallest absolute Gasteiger partial charge is 0.271 e. The van der Waals surface area contributed by atoms with Crippen LogP contribution < -0.4 is 14.4 Å². The number of amides is 2. The summed E-state index contributed by atoms with van der Waals surface area (Å²) < 4.78 is 32.1. The molecule has 0 fully saturated rings. The summed E-state index contributed by atoms with van der Waals surface area (Å²) in [6.45, 7) is 4.65. The second-order valence-corrected chi connectivity index (χ2v) is 13.3. The summed E-state index contributed by atoms with van der Waals surface area (Å²) in [6, 6.07) is 18.3. The number of hydrogen-bond donors (Lipinski definition) is 1. The van der Waals surface area contributed by atoms with E-state index in [1.807, 2.05) is 51.1 Å². The Bertz CT molecular complexity index is 1560. The van der Waals surface area contributed by atoms with Crippen LogP contribution in [0.15, 0.2) is 72.8 Å². The first-order valence-electron chi connectivity index (χ1n) is 13.3. The number of hydrogen-bond acceptors (Lipinski definition) is 7. The minimum atomic E-state index is -4.17. The highest BCUT2D eigenvalue weighted by Gasteiger charge is 2.35. The van der Waals surface area contributed by atoms with Crippen LogP contribution in [0, 0.1) is 10.1 Å². The van der Waals surface area contributed by atoms with E-state index in [2.05, 4.69) is 5.32 Å². The Kier molecular flexibility index (Phi) is 10.8. The summed E-state index contributed by atoms with van der Waals surface area (Å²) in [5.74, 6) is -1.13. The number of benzene rings is 3. The molecular weight excluding hydrogens is 596 g/mol. The molecule has 13 heteroatoms. The summed E-state index contributed by atoms with van der Waals surface area (Å²) in [6.07, 6.45) is 1.02. The second-order valence-electron chi connectivity index (χ2n) is 11.0. The highest BCUT2D eigenvalue weighted by molar-refractivity contribution is 7.92. The third-order valence-corrected chi connectivity index (χ3v) is 7.74. The molecule has 0 aliphatic carbocycles. The lowest BCUT2D eigenvalue weighted by Gasteiger charge is -2.35. The van der Waals surface area contributed by atoms with Crippen LogP contribution in [0.2, 0.25) is 5.02 Å². The first-order valence-corrected chi connectivity index (χ1v) is 15.5. The molecule has 0 aromatic heterocycles. The fourth-order valence-corrected chi connectivity index (χ4v) is 5.35. The lowest BCUT2D eigenvalue weighted by molar-refractivity contribution is -0.384. The van der Waals surface area contributed by atoms with Gasteiger partial charge in [0.05, 0.1) is 18.3 Å². The van der Waals surface area contributed by atoms with Crippen LogP contribution in [0.25, 0.3) is 0 Å². The highest BCUT2D eigenvalue weighted by atomic mass is 35.5. The largest absolute Gasteiger partial charge is 0.495 e. The third kappa shape index (κ3) is 9.42. The molecule has 0 saturated carbocycles. The van der Waals surface area contributed by atoms with Crippen LogP contribution in [0.1, 0.15) is 31.9 Å². The lowest BCUT2D eigenvalue weighted by Crippen LogP contribution is -2.56. The molecule has 2 amide bonds. The zero-order valence-electron chi connectivity index (χ0n) is 24.6. The van der Waals surface area contributed by atoms with E-state index < -0.39 is 44.9 Å². The van der Waals surface area contributed by atoms with Gasteiger partial charge in [0.2, 0.25) is 21.8 Å². The van der Waals surface area contributed by atoms with E-state index >= 15 is 0 Å². The fourth-order valence-electron chi connectivity index (χ4n) is 4.37. The van der Waals surface area contributed by atoms with E-state index in [9.17, 15) is 28.1 Å². The van der Waals surface area contributed by atoms with E-state index in [4.69, 9.17) is 16.3 Å². The number of nitro groups is 1. The molecule has 11 nitrogen and oxygen atoms in total. The molecule has 0 spiro atoms. The summed E-state index contributed by atoms with van der Waals surface area (Å²) in [5, 5.41) is 14.9. The van der Waals surface area contributed by atoms with Gasteiger partial charge < -0.3 is 15.0 Å². The third-order valence-electron chi connectivity index (χ3n) is 6.36.